The molecule has 3 N–H and O–H groups in total. The molecule has 0 aliphatic heterocycles. The van der Waals surface area contributed by atoms with Crippen LogP contribution in [0.4, 0.5) is 5.69 Å². The lowest BCUT2D eigenvalue weighted by molar-refractivity contribution is -0.117. The van der Waals surface area contributed by atoms with E-state index in [0.29, 0.717) is 24.3 Å². The lowest BCUT2D eigenvalue weighted by Crippen LogP contribution is -2.35. The molecule has 0 saturated heterocycles. The summed E-state index contributed by atoms with van der Waals surface area (Å²) < 4.78 is 4.89. The minimum absolute atomic E-state index is 0.206. The van der Waals surface area contributed by atoms with Gasteiger partial charge in [-0.15, -0.1) is 0 Å². The molecule has 5 heteroatoms. The number of carbonyl (C=O) groups excluding carboxylic acids is 2. The van der Waals surface area contributed by atoms with Crippen molar-refractivity contribution in [3.63, 3.8) is 0 Å². The Morgan fingerprint density at radius 2 is 1.90 bits per heavy atom. The Labute approximate surface area is 119 Å². The molecule has 110 valence electrons. The SMILES string of the molecule is CCCCC(N)C(=O)Nc1ccc(C(=O)OCC)cc1. The van der Waals surface area contributed by atoms with Crippen LogP contribution in [0, 0.1) is 0 Å². The Bertz CT molecular complexity index is 443. The van der Waals surface area contributed by atoms with Crippen LogP contribution in [0.15, 0.2) is 24.3 Å². The number of rotatable bonds is 7. The van der Waals surface area contributed by atoms with E-state index in [4.69, 9.17) is 10.5 Å². The summed E-state index contributed by atoms with van der Waals surface area (Å²) in [5, 5.41) is 2.73. The van der Waals surface area contributed by atoms with Crippen LogP contribution in [0.2, 0.25) is 0 Å². The maximum Gasteiger partial charge on any atom is 0.338 e. The van der Waals surface area contributed by atoms with Crippen molar-refractivity contribution in [2.24, 2.45) is 5.73 Å². The van der Waals surface area contributed by atoms with Crippen molar-refractivity contribution in [3.8, 4) is 0 Å². The Kier molecular flexibility index (Phi) is 6.73. The molecule has 0 bridgehead atoms. The number of ether oxygens (including phenoxy) is 1. The summed E-state index contributed by atoms with van der Waals surface area (Å²) >= 11 is 0. The third kappa shape index (κ3) is 5.01. The van der Waals surface area contributed by atoms with Gasteiger partial charge in [-0.25, -0.2) is 4.79 Å². The number of carbonyl (C=O) groups is 2. The first-order valence-electron chi connectivity index (χ1n) is 6.92. The molecule has 1 unspecified atom stereocenters. The van der Waals surface area contributed by atoms with Gasteiger partial charge in [0.1, 0.15) is 0 Å². The first-order valence-corrected chi connectivity index (χ1v) is 6.92. The van der Waals surface area contributed by atoms with E-state index in [-0.39, 0.29) is 11.9 Å². The zero-order valence-electron chi connectivity index (χ0n) is 12.0. The third-order valence-corrected chi connectivity index (χ3v) is 2.87. The molecule has 0 aliphatic carbocycles. The Hall–Kier alpha value is -1.88. The number of hydrogen-bond donors (Lipinski definition) is 2. The second kappa shape index (κ2) is 8.32. The molecule has 0 radical (unpaired) electrons. The fourth-order valence-electron chi connectivity index (χ4n) is 1.69. The summed E-state index contributed by atoms with van der Waals surface area (Å²) in [6.07, 6.45) is 2.61. The number of unbranched alkanes of at least 4 members (excludes halogenated alkanes) is 1. The number of benzene rings is 1. The lowest BCUT2D eigenvalue weighted by atomic mass is 10.1. The summed E-state index contributed by atoms with van der Waals surface area (Å²) in [6, 6.07) is 6.06. The van der Waals surface area contributed by atoms with E-state index in [9.17, 15) is 9.59 Å². The molecule has 0 saturated carbocycles. The maximum absolute atomic E-state index is 11.8. The Morgan fingerprint density at radius 3 is 2.45 bits per heavy atom. The first kappa shape index (κ1) is 16.2. The van der Waals surface area contributed by atoms with Crippen molar-refractivity contribution in [1.82, 2.24) is 0 Å². The van der Waals surface area contributed by atoms with Crippen molar-refractivity contribution in [2.75, 3.05) is 11.9 Å². The smallest absolute Gasteiger partial charge is 0.338 e. The highest BCUT2D eigenvalue weighted by atomic mass is 16.5. The van der Waals surface area contributed by atoms with Crippen LogP contribution < -0.4 is 11.1 Å². The van der Waals surface area contributed by atoms with Gasteiger partial charge in [0, 0.05) is 5.69 Å². The van der Waals surface area contributed by atoms with Gasteiger partial charge in [-0.05, 0) is 37.6 Å². The van der Waals surface area contributed by atoms with Crippen molar-refractivity contribution >= 4 is 17.6 Å². The van der Waals surface area contributed by atoms with E-state index in [2.05, 4.69) is 12.2 Å². The molecule has 1 aromatic carbocycles. The quantitative estimate of drug-likeness (QED) is 0.750. The lowest BCUT2D eigenvalue weighted by Gasteiger charge is -2.12. The predicted octanol–water partition coefficient (Wildman–Crippen LogP) is 2.32. The van der Waals surface area contributed by atoms with Crippen LogP contribution in [0.3, 0.4) is 0 Å². The van der Waals surface area contributed by atoms with Crippen LogP contribution in [0.5, 0.6) is 0 Å². The Morgan fingerprint density at radius 1 is 1.25 bits per heavy atom. The molecular weight excluding hydrogens is 256 g/mol. The zero-order chi connectivity index (χ0) is 15.0. The van der Waals surface area contributed by atoms with Gasteiger partial charge in [0.2, 0.25) is 5.91 Å². The highest BCUT2D eigenvalue weighted by Gasteiger charge is 2.13. The van der Waals surface area contributed by atoms with E-state index in [1.54, 1.807) is 31.2 Å². The number of nitrogens with two attached hydrogens (primary N) is 1. The predicted molar refractivity (Wildman–Crippen MR) is 78.5 cm³/mol. The molecule has 1 rings (SSSR count). The first-order chi connectivity index (χ1) is 9.58. The van der Waals surface area contributed by atoms with Crippen LogP contribution >= 0.6 is 0 Å². The van der Waals surface area contributed by atoms with Crippen LogP contribution in [0.1, 0.15) is 43.5 Å². The molecule has 0 heterocycles. The monoisotopic (exact) mass is 278 g/mol. The second-order valence-electron chi connectivity index (χ2n) is 4.54. The molecule has 1 atom stereocenters. The van der Waals surface area contributed by atoms with E-state index in [1.807, 2.05) is 0 Å². The number of nitrogens with one attached hydrogen (secondary N) is 1. The van der Waals surface area contributed by atoms with Crippen LogP contribution in [0.25, 0.3) is 0 Å². The fourth-order valence-corrected chi connectivity index (χ4v) is 1.69. The molecule has 1 amide bonds. The van der Waals surface area contributed by atoms with Gasteiger partial charge >= 0.3 is 5.97 Å². The van der Waals surface area contributed by atoms with Crippen molar-refractivity contribution in [3.05, 3.63) is 29.8 Å². The number of esters is 1. The topological polar surface area (TPSA) is 81.4 Å². The summed E-state index contributed by atoms with van der Waals surface area (Å²) in [5.74, 6) is -0.577. The van der Waals surface area contributed by atoms with Crippen molar-refractivity contribution < 1.29 is 14.3 Å². The highest BCUT2D eigenvalue weighted by molar-refractivity contribution is 5.95. The van der Waals surface area contributed by atoms with Crippen molar-refractivity contribution in [1.29, 1.82) is 0 Å². The van der Waals surface area contributed by atoms with E-state index in [0.717, 1.165) is 12.8 Å². The molecule has 1 aromatic rings. The van der Waals surface area contributed by atoms with Gasteiger partial charge in [0.15, 0.2) is 0 Å². The van der Waals surface area contributed by atoms with Gasteiger partial charge in [-0.1, -0.05) is 19.8 Å². The Balaban J connectivity index is 2.56. The average molecular weight is 278 g/mol. The second-order valence-corrected chi connectivity index (χ2v) is 4.54. The van der Waals surface area contributed by atoms with Crippen molar-refractivity contribution in [2.45, 2.75) is 39.2 Å². The van der Waals surface area contributed by atoms with E-state index >= 15 is 0 Å². The number of anilines is 1. The van der Waals surface area contributed by atoms with Gasteiger partial charge in [0.25, 0.3) is 0 Å². The van der Waals surface area contributed by atoms with Crippen LogP contribution in [-0.2, 0) is 9.53 Å². The van der Waals surface area contributed by atoms with Crippen LogP contribution in [-0.4, -0.2) is 24.5 Å². The summed E-state index contributed by atoms with van der Waals surface area (Å²) in [4.78, 5) is 23.3. The summed E-state index contributed by atoms with van der Waals surface area (Å²) in [6.45, 7) is 4.15. The summed E-state index contributed by atoms with van der Waals surface area (Å²) in [7, 11) is 0. The van der Waals surface area contributed by atoms with Gasteiger partial charge in [-0.2, -0.15) is 0 Å². The molecule has 0 spiro atoms. The standard InChI is InChI=1S/C15H22N2O3/c1-3-5-6-13(16)14(18)17-12-9-7-11(8-10-12)15(19)20-4-2/h7-10,13H,3-6,16H2,1-2H3,(H,17,18). The highest BCUT2D eigenvalue weighted by Crippen LogP contribution is 2.11. The minimum Gasteiger partial charge on any atom is -0.462 e. The molecule has 0 fully saturated rings. The van der Waals surface area contributed by atoms with E-state index < -0.39 is 6.04 Å². The van der Waals surface area contributed by atoms with Gasteiger partial charge in [-0.3, -0.25) is 4.79 Å². The zero-order valence-corrected chi connectivity index (χ0v) is 12.0. The molecule has 5 nitrogen and oxygen atoms in total. The minimum atomic E-state index is -0.500. The van der Waals surface area contributed by atoms with Gasteiger partial charge in [0.05, 0.1) is 18.2 Å². The molecule has 0 aliphatic rings. The largest absolute Gasteiger partial charge is 0.462 e. The maximum atomic E-state index is 11.8. The molecule has 20 heavy (non-hydrogen) atoms. The third-order valence-electron chi connectivity index (χ3n) is 2.87. The average Bonchev–Trinajstić information content (AvgIpc) is 2.45. The molecular formula is C15H22N2O3. The fraction of sp³-hybridized carbons (Fsp3) is 0.467. The van der Waals surface area contributed by atoms with Gasteiger partial charge < -0.3 is 15.8 Å². The van der Waals surface area contributed by atoms with E-state index in [1.165, 1.54) is 0 Å². The normalized spacial score (nSPS) is 11.8. The number of amides is 1. The summed E-state index contributed by atoms with van der Waals surface area (Å²) in [5.41, 5.74) is 6.86. The number of hydrogen-bond acceptors (Lipinski definition) is 4. The molecule has 0 aromatic heterocycles.